The van der Waals surface area contributed by atoms with Gasteiger partial charge >= 0.3 is 12.3 Å². The van der Waals surface area contributed by atoms with Crippen LogP contribution in [0.3, 0.4) is 0 Å². The molecule has 2 aromatic carbocycles. The van der Waals surface area contributed by atoms with Crippen LogP contribution in [0.5, 0.6) is 0 Å². The van der Waals surface area contributed by atoms with Crippen LogP contribution in [0, 0.1) is 0 Å². The number of carbonyl (C=O) groups excluding carboxylic acids is 2. The molecule has 2 aliphatic heterocycles. The minimum absolute atomic E-state index is 0.0111. The summed E-state index contributed by atoms with van der Waals surface area (Å²) in [6.45, 7) is 6.33. The number of alkyl carbamates (subject to hydrolysis) is 1. The molecule has 8 nitrogen and oxygen atoms in total. The van der Waals surface area contributed by atoms with E-state index in [9.17, 15) is 22.8 Å². The van der Waals surface area contributed by atoms with Crippen molar-refractivity contribution in [3.63, 3.8) is 0 Å². The van der Waals surface area contributed by atoms with Crippen molar-refractivity contribution in [3.05, 3.63) is 69.2 Å². The summed E-state index contributed by atoms with van der Waals surface area (Å²) in [5.41, 5.74) is 0.0543. The number of aliphatic imine (C=N–C) groups is 1. The van der Waals surface area contributed by atoms with Gasteiger partial charge in [-0.2, -0.15) is 23.3 Å². The summed E-state index contributed by atoms with van der Waals surface area (Å²) in [5, 5.41) is 8.37. The summed E-state index contributed by atoms with van der Waals surface area (Å²) in [6, 6.07) is 8.94. The molecule has 3 aromatic rings. The third-order valence-electron chi connectivity index (χ3n) is 6.14. The van der Waals surface area contributed by atoms with Crippen molar-refractivity contribution < 1.29 is 27.5 Å². The van der Waals surface area contributed by atoms with E-state index in [-0.39, 0.29) is 29.1 Å². The number of nitrogens with one attached hydrogen (secondary N) is 1. The van der Waals surface area contributed by atoms with Crippen LogP contribution in [0.15, 0.2) is 52.5 Å². The number of amidine groups is 1. The van der Waals surface area contributed by atoms with Gasteiger partial charge in [-0.05, 0) is 74.0 Å². The van der Waals surface area contributed by atoms with E-state index in [4.69, 9.17) is 16.3 Å². The number of ether oxygens (including phenoxy) is 1. The van der Waals surface area contributed by atoms with Gasteiger partial charge in [0.05, 0.1) is 34.8 Å². The minimum atomic E-state index is -4.54. The Labute approximate surface area is 237 Å². The Morgan fingerprint density at radius 2 is 1.95 bits per heavy atom. The lowest BCUT2D eigenvalue weighted by molar-refractivity contribution is -0.138. The van der Waals surface area contributed by atoms with Gasteiger partial charge in [0.2, 0.25) is 0 Å². The summed E-state index contributed by atoms with van der Waals surface area (Å²) in [4.78, 5) is 31.0. The first kappa shape index (κ1) is 28.0. The molecule has 0 spiro atoms. The summed E-state index contributed by atoms with van der Waals surface area (Å²) in [7, 11) is 0. The quantitative estimate of drug-likeness (QED) is 0.378. The Bertz CT molecular complexity index is 1550. The number of aromatic nitrogens is 2. The summed E-state index contributed by atoms with van der Waals surface area (Å²) < 4.78 is 47.3. The van der Waals surface area contributed by atoms with E-state index in [2.05, 4.69) is 15.4 Å². The molecule has 2 aliphatic rings. The van der Waals surface area contributed by atoms with E-state index in [0.717, 1.165) is 11.6 Å². The second-order valence-electron chi connectivity index (χ2n) is 10.5. The Morgan fingerprint density at radius 1 is 1.20 bits per heavy atom. The van der Waals surface area contributed by atoms with Crippen molar-refractivity contribution >= 4 is 57.5 Å². The third-order valence-corrected chi connectivity index (χ3v) is 7.42. The smallest absolute Gasteiger partial charge is 0.416 e. The molecule has 1 aromatic heterocycles. The highest BCUT2D eigenvalue weighted by molar-refractivity contribution is 8.18. The molecule has 1 fully saturated rings. The van der Waals surface area contributed by atoms with Crippen LogP contribution >= 0.6 is 23.4 Å². The lowest BCUT2D eigenvalue weighted by atomic mass is 10.1. The number of carbonyl (C=O) groups is 2. The van der Waals surface area contributed by atoms with Crippen molar-refractivity contribution in [2.75, 3.05) is 13.1 Å². The van der Waals surface area contributed by atoms with Crippen LogP contribution in [0.2, 0.25) is 5.02 Å². The molecule has 1 N–H and O–H groups in total. The molecule has 0 radical (unpaired) electrons. The first-order valence-electron chi connectivity index (χ1n) is 12.3. The van der Waals surface area contributed by atoms with Crippen LogP contribution < -0.4 is 5.32 Å². The highest BCUT2D eigenvalue weighted by Gasteiger charge is 2.36. The number of hydrogen-bond acceptors (Lipinski definition) is 6. The van der Waals surface area contributed by atoms with Gasteiger partial charge in [0, 0.05) is 23.5 Å². The van der Waals surface area contributed by atoms with Gasteiger partial charge < -0.3 is 15.0 Å². The maximum absolute atomic E-state index is 13.5. The molecule has 1 saturated heterocycles. The van der Waals surface area contributed by atoms with E-state index in [1.165, 1.54) is 28.6 Å². The largest absolute Gasteiger partial charge is 0.444 e. The Hall–Kier alpha value is -3.51. The number of thioether (sulfide) groups is 1. The topological polar surface area (TPSA) is 88.8 Å². The molecule has 0 atom stereocenters. The zero-order valence-corrected chi connectivity index (χ0v) is 23.3. The lowest BCUT2D eigenvalue weighted by Gasteiger charge is -2.40. The summed E-state index contributed by atoms with van der Waals surface area (Å²) in [5.74, 6) is -0.359. The number of halogens is 4. The van der Waals surface area contributed by atoms with Gasteiger partial charge in [0.1, 0.15) is 5.60 Å². The van der Waals surface area contributed by atoms with Gasteiger partial charge in [-0.15, -0.1) is 0 Å². The molecule has 0 unspecified atom stereocenters. The van der Waals surface area contributed by atoms with Gasteiger partial charge in [-0.25, -0.2) is 4.79 Å². The fraction of sp³-hybridized carbons (Fsp3) is 0.333. The van der Waals surface area contributed by atoms with E-state index in [1.807, 2.05) is 11.0 Å². The van der Waals surface area contributed by atoms with E-state index < -0.39 is 23.4 Å². The fourth-order valence-electron chi connectivity index (χ4n) is 4.32. The molecular formula is C27H25ClF3N5O3S. The fourth-order valence-corrected chi connectivity index (χ4v) is 5.42. The maximum atomic E-state index is 13.5. The molecule has 5 rings (SSSR count). The van der Waals surface area contributed by atoms with E-state index in [1.54, 1.807) is 45.2 Å². The van der Waals surface area contributed by atoms with Crippen molar-refractivity contribution in [2.24, 2.45) is 4.99 Å². The number of benzene rings is 2. The molecule has 40 heavy (non-hydrogen) atoms. The number of rotatable bonds is 4. The molecule has 0 bridgehead atoms. The molecule has 13 heteroatoms. The third kappa shape index (κ3) is 6.28. The molecule has 2 amide bonds. The predicted molar refractivity (Wildman–Crippen MR) is 148 cm³/mol. The van der Waals surface area contributed by atoms with Crippen LogP contribution in [0.1, 0.15) is 37.5 Å². The van der Waals surface area contributed by atoms with Gasteiger partial charge in [0.25, 0.3) is 5.91 Å². The normalized spacial score (nSPS) is 17.4. The number of alkyl halides is 3. The van der Waals surface area contributed by atoms with Crippen molar-refractivity contribution in [3.8, 4) is 0 Å². The highest BCUT2D eigenvalue weighted by Crippen LogP contribution is 2.35. The van der Waals surface area contributed by atoms with Crippen LogP contribution in [-0.2, 0) is 22.3 Å². The van der Waals surface area contributed by atoms with Gasteiger partial charge in [-0.3, -0.25) is 9.48 Å². The second-order valence-corrected chi connectivity index (χ2v) is 11.9. The molecule has 3 heterocycles. The summed E-state index contributed by atoms with van der Waals surface area (Å²) in [6.07, 6.45) is -1.73. The van der Waals surface area contributed by atoms with E-state index in [0.29, 0.717) is 34.1 Å². The molecule has 0 saturated carbocycles. The Balaban J connectivity index is 1.24. The Morgan fingerprint density at radius 3 is 2.65 bits per heavy atom. The van der Waals surface area contributed by atoms with Crippen LogP contribution in [0.25, 0.3) is 17.0 Å². The van der Waals surface area contributed by atoms with Crippen molar-refractivity contribution in [1.29, 1.82) is 0 Å². The predicted octanol–water partition coefficient (Wildman–Crippen LogP) is 5.94. The zero-order valence-electron chi connectivity index (χ0n) is 21.8. The van der Waals surface area contributed by atoms with Crippen molar-refractivity contribution in [2.45, 2.75) is 45.1 Å². The average Bonchev–Trinajstić information content (AvgIpc) is 3.38. The SMILES string of the molecule is CC(C)(C)OC(=O)NC1CN(C2=NC(=O)C(=Cc3ccc4c(cnn4Cc4ccc(Cl)cc4C(F)(F)F)c3)S2)C1. The van der Waals surface area contributed by atoms with Crippen molar-refractivity contribution in [1.82, 2.24) is 20.0 Å². The first-order valence-corrected chi connectivity index (χ1v) is 13.5. The van der Waals surface area contributed by atoms with Crippen LogP contribution in [0.4, 0.5) is 18.0 Å². The van der Waals surface area contributed by atoms with Gasteiger partial charge in [-0.1, -0.05) is 23.7 Å². The first-order chi connectivity index (χ1) is 18.7. The lowest BCUT2D eigenvalue weighted by Crippen LogP contribution is -2.60. The average molecular weight is 592 g/mol. The van der Waals surface area contributed by atoms with Gasteiger partial charge in [0.15, 0.2) is 5.17 Å². The number of nitrogens with zero attached hydrogens (tertiary/aromatic N) is 4. The standard InChI is InChI=1S/C27H25ClF3N5O3S/c1-26(2,3)39-25(38)33-19-13-35(14-19)24-34-23(37)22(40-24)9-15-4-7-21-17(8-15)11-32-36(21)12-16-5-6-18(28)10-20(16)27(29,30)31/h4-11,19H,12-14H2,1-3H3,(H,33,38). The highest BCUT2D eigenvalue weighted by atomic mass is 35.5. The molecule has 210 valence electrons. The zero-order chi connectivity index (χ0) is 28.8. The monoisotopic (exact) mass is 591 g/mol. The number of fused-ring (bicyclic) bond motifs is 1. The number of amides is 2. The van der Waals surface area contributed by atoms with E-state index >= 15 is 0 Å². The minimum Gasteiger partial charge on any atom is -0.444 e. The Kier molecular flexibility index (Phi) is 7.34. The maximum Gasteiger partial charge on any atom is 0.416 e. The second kappa shape index (κ2) is 10.5. The number of hydrogen-bond donors (Lipinski definition) is 1. The molecular weight excluding hydrogens is 567 g/mol. The van der Waals surface area contributed by atoms with Crippen LogP contribution in [-0.4, -0.2) is 56.6 Å². The summed E-state index contributed by atoms with van der Waals surface area (Å²) >= 11 is 7.05. The molecule has 0 aliphatic carbocycles. The number of likely N-dealkylation sites (tertiary alicyclic amines) is 1.